The molecule has 0 aromatic heterocycles. The van der Waals surface area contributed by atoms with Crippen molar-refractivity contribution in [1.29, 1.82) is 0 Å². The van der Waals surface area contributed by atoms with Crippen molar-refractivity contribution in [3.63, 3.8) is 0 Å². The van der Waals surface area contributed by atoms with Crippen molar-refractivity contribution in [2.45, 2.75) is 92.3 Å². The normalized spacial score (nSPS) is 22.3. The number of hydrogen-bond donors (Lipinski definition) is 1. The number of hydrogen-bond acceptors (Lipinski definition) is 1. The maximum absolute atomic E-state index is 8.85. The van der Waals surface area contributed by atoms with E-state index >= 15 is 0 Å². The van der Waals surface area contributed by atoms with E-state index in [0.29, 0.717) is 18.3 Å². The average Bonchev–Trinajstić information content (AvgIpc) is 2.53. The van der Waals surface area contributed by atoms with E-state index in [1.54, 1.807) is 0 Å². The minimum atomic E-state index is -2.36. The van der Waals surface area contributed by atoms with Gasteiger partial charge in [-0.05, 0) is 37.5 Å². The predicted octanol–water partition coefficient (Wildman–Crippen LogP) is 6.36. The Labute approximate surface area is 141 Å². The smallest absolute Gasteiger partial charge is 0.0614 e. The lowest BCUT2D eigenvalue weighted by molar-refractivity contribution is 0.341. The van der Waals surface area contributed by atoms with Crippen LogP contribution in [0.3, 0.4) is 0 Å². The van der Waals surface area contributed by atoms with Gasteiger partial charge in [-0.25, -0.2) is 0 Å². The van der Waals surface area contributed by atoms with E-state index in [4.69, 9.17) is 12.0 Å². The third-order valence-corrected chi connectivity index (χ3v) is 4.28. The van der Waals surface area contributed by atoms with Crippen LogP contribution in [-0.2, 0) is 0 Å². The fourth-order valence-corrected chi connectivity index (χ4v) is 2.75. The van der Waals surface area contributed by atoms with Gasteiger partial charge in [0.05, 0.1) is 6.61 Å². The Morgan fingerprint density at radius 2 is 1.62 bits per heavy atom. The van der Waals surface area contributed by atoms with Crippen LogP contribution in [0.1, 0.15) is 99.2 Å². The molecule has 0 heterocycles. The fourth-order valence-electron chi connectivity index (χ4n) is 2.75. The summed E-state index contributed by atoms with van der Waals surface area (Å²) in [6, 6.07) is 0. The summed E-state index contributed by atoms with van der Waals surface area (Å²) in [7, 11) is 0. The molecule has 0 aromatic rings. The molecule has 1 nitrogen and oxygen atoms in total. The Morgan fingerprint density at radius 3 is 2.14 bits per heavy atom. The number of allylic oxidation sites excluding steroid dienone is 1. The average molecular weight is 302 g/mol. The van der Waals surface area contributed by atoms with Crippen LogP contribution in [0.5, 0.6) is 0 Å². The largest absolute Gasteiger partial charge is 0.392 e. The molecule has 21 heavy (non-hydrogen) atoms. The summed E-state index contributed by atoms with van der Waals surface area (Å²) in [5.41, 5.74) is 1.27. The van der Waals surface area contributed by atoms with Crippen LogP contribution >= 0.6 is 0 Å². The summed E-state index contributed by atoms with van der Waals surface area (Å²) in [6.45, 7) is 3.99. The first kappa shape index (κ1) is 13.2. The zero-order valence-corrected chi connectivity index (χ0v) is 14.5. The van der Waals surface area contributed by atoms with E-state index in [-0.39, 0.29) is 19.9 Å². The highest BCUT2D eigenvalue weighted by Gasteiger charge is 2.06. The van der Waals surface area contributed by atoms with Gasteiger partial charge < -0.3 is 5.11 Å². The van der Waals surface area contributed by atoms with Crippen molar-refractivity contribution >= 4 is 0 Å². The van der Waals surface area contributed by atoms with Crippen LogP contribution in [-0.4, -0.2) is 11.7 Å². The van der Waals surface area contributed by atoms with E-state index in [0.717, 1.165) is 19.3 Å². The lowest BCUT2D eigenvalue weighted by Crippen LogP contribution is -2.00. The van der Waals surface area contributed by atoms with Crippen LogP contribution in [0, 0.1) is 17.7 Å². The van der Waals surface area contributed by atoms with Crippen LogP contribution in [0.15, 0.2) is 11.6 Å². The summed E-state index contributed by atoms with van der Waals surface area (Å²) < 4.78 is 37.7. The maximum Gasteiger partial charge on any atom is 0.0614 e. The minimum Gasteiger partial charge on any atom is -0.392 e. The summed E-state index contributed by atoms with van der Waals surface area (Å²) in [5, 5.41) is 8.85. The monoisotopic (exact) mass is 301 g/mol. The molecule has 0 saturated heterocycles. The SMILES string of the molecule is [2H]CC([2H])(CCC[C@@H](C)CCC[C@@H](C)CCC/C(C)=C/CO)C([2H])([2H])[2H]. The maximum atomic E-state index is 8.85. The first-order chi connectivity index (χ1) is 12.1. The molecule has 1 unspecified atom stereocenters. The Balaban J connectivity index is 3.89. The lowest BCUT2D eigenvalue weighted by Gasteiger charge is -2.15. The molecular formula is C20H40O. The second-order valence-electron chi connectivity index (χ2n) is 6.76. The summed E-state index contributed by atoms with van der Waals surface area (Å²) in [6.07, 6.45) is 10.8. The third kappa shape index (κ3) is 14.4. The van der Waals surface area contributed by atoms with Gasteiger partial charge in [0.2, 0.25) is 0 Å². The van der Waals surface area contributed by atoms with E-state index in [1.807, 2.05) is 6.08 Å². The number of aliphatic hydroxyl groups excluding tert-OH is 1. The minimum absolute atomic E-state index is 0.134. The summed E-state index contributed by atoms with van der Waals surface area (Å²) >= 11 is 0. The Hall–Kier alpha value is -0.300. The standard InChI is InChI=1S/C20H40O/c1-17(2)9-6-10-18(3)11-7-12-19(4)13-8-14-20(5)15-16-21/h15,17-19,21H,6-14,16H2,1-5H3/b20-15+/t18-,19-/m1/s1/i1D,2D3,17D/t17?,18-,19-. The molecule has 0 rings (SSSR count). The molecule has 0 spiro atoms. The molecule has 0 aliphatic carbocycles. The molecule has 0 aliphatic rings. The topological polar surface area (TPSA) is 20.2 Å². The molecule has 0 bridgehead atoms. The third-order valence-electron chi connectivity index (χ3n) is 4.28. The number of rotatable bonds is 13. The molecule has 0 amide bonds. The van der Waals surface area contributed by atoms with Gasteiger partial charge in [-0.3, -0.25) is 0 Å². The van der Waals surface area contributed by atoms with Crippen molar-refractivity contribution in [3.8, 4) is 0 Å². The van der Waals surface area contributed by atoms with Crippen LogP contribution in [0.2, 0.25) is 0 Å². The van der Waals surface area contributed by atoms with Gasteiger partial charge in [-0.1, -0.05) is 84.2 Å². The van der Waals surface area contributed by atoms with Gasteiger partial charge in [-0.2, -0.15) is 0 Å². The Bertz CT molecular complexity index is 394. The highest BCUT2D eigenvalue weighted by molar-refractivity contribution is 4.97. The first-order valence-corrected chi connectivity index (χ1v) is 8.61. The lowest BCUT2D eigenvalue weighted by atomic mass is 9.91. The van der Waals surface area contributed by atoms with E-state index in [9.17, 15) is 0 Å². The van der Waals surface area contributed by atoms with Crippen molar-refractivity contribution in [1.82, 2.24) is 0 Å². The highest BCUT2D eigenvalue weighted by Crippen LogP contribution is 2.21. The molecule has 0 radical (unpaired) electrons. The van der Waals surface area contributed by atoms with Gasteiger partial charge in [0, 0.05) is 6.85 Å². The molecule has 0 aromatic carbocycles. The fraction of sp³-hybridized carbons (Fsp3) is 0.900. The Morgan fingerprint density at radius 1 is 1.05 bits per heavy atom. The quantitative estimate of drug-likeness (QED) is 0.392. The second kappa shape index (κ2) is 13.4. The van der Waals surface area contributed by atoms with Gasteiger partial charge >= 0.3 is 0 Å². The number of aliphatic hydroxyl groups is 1. The molecular weight excluding hydrogens is 256 g/mol. The summed E-state index contributed by atoms with van der Waals surface area (Å²) in [5.74, 6) is -0.350. The van der Waals surface area contributed by atoms with E-state index in [2.05, 4.69) is 20.8 Å². The molecule has 0 saturated carbocycles. The highest BCUT2D eigenvalue weighted by atomic mass is 16.2. The van der Waals surface area contributed by atoms with E-state index in [1.165, 1.54) is 31.3 Å². The van der Waals surface area contributed by atoms with Crippen molar-refractivity contribution in [2.24, 2.45) is 17.7 Å². The van der Waals surface area contributed by atoms with Crippen molar-refractivity contribution in [2.75, 3.05) is 6.61 Å². The van der Waals surface area contributed by atoms with E-state index < -0.39 is 12.7 Å². The van der Waals surface area contributed by atoms with Gasteiger partial charge in [0.1, 0.15) is 0 Å². The molecule has 1 N–H and O–H groups in total. The van der Waals surface area contributed by atoms with Crippen molar-refractivity contribution in [3.05, 3.63) is 11.6 Å². The van der Waals surface area contributed by atoms with Gasteiger partial charge in [-0.15, -0.1) is 0 Å². The zero-order chi connectivity index (χ0) is 20.2. The van der Waals surface area contributed by atoms with Gasteiger partial charge in [0.25, 0.3) is 0 Å². The second-order valence-corrected chi connectivity index (χ2v) is 6.76. The van der Waals surface area contributed by atoms with Crippen molar-refractivity contribution < 1.29 is 12.0 Å². The first-order valence-electron chi connectivity index (χ1n) is 11.3. The Kier molecular flexibility index (Phi) is 8.38. The molecule has 0 aliphatic heterocycles. The van der Waals surface area contributed by atoms with Crippen LogP contribution in [0.4, 0.5) is 0 Å². The molecule has 3 atom stereocenters. The van der Waals surface area contributed by atoms with Gasteiger partial charge in [0.15, 0.2) is 0 Å². The molecule has 1 heteroatoms. The predicted molar refractivity (Wildman–Crippen MR) is 95.6 cm³/mol. The summed E-state index contributed by atoms with van der Waals surface area (Å²) in [4.78, 5) is 0. The molecule has 0 fully saturated rings. The zero-order valence-electron chi connectivity index (χ0n) is 19.5. The van der Waals surface area contributed by atoms with Crippen LogP contribution < -0.4 is 0 Å². The molecule has 126 valence electrons. The van der Waals surface area contributed by atoms with Crippen LogP contribution in [0.25, 0.3) is 0 Å².